The van der Waals surface area contributed by atoms with Crippen LogP contribution in [0.3, 0.4) is 0 Å². The molecule has 0 rings (SSSR count). The van der Waals surface area contributed by atoms with Crippen molar-refractivity contribution < 1.29 is 4.74 Å². The Hall–Kier alpha value is -0.340. The molecule has 0 saturated heterocycles. The van der Waals surface area contributed by atoms with E-state index >= 15 is 0 Å². The Morgan fingerprint density at radius 3 is 2.62 bits per heavy atom. The second-order valence-electron chi connectivity index (χ2n) is 4.11. The van der Waals surface area contributed by atoms with Crippen molar-refractivity contribution >= 4 is 0 Å². The van der Waals surface area contributed by atoms with E-state index in [9.17, 15) is 0 Å². The molecule has 78 valence electrons. The van der Waals surface area contributed by atoms with E-state index in [0.717, 1.165) is 19.4 Å². The molecule has 0 amide bonds. The Labute approximate surface area is 82.4 Å². The molecule has 0 fully saturated rings. The van der Waals surface area contributed by atoms with Crippen molar-refractivity contribution in [2.24, 2.45) is 0 Å². The summed E-state index contributed by atoms with van der Waals surface area (Å²) >= 11 is 0. The van der Waals surface area contributed by atoms with Crippen LogP contribution >= 0.6 is 0 Å². The summed E-state index contributed by atoms with van der Waals surface area (Å²) in [5.41, 5.74) is -0.0670. The molecule has 2 nitrogen and oxygen atoms in total. The molecule has 13 heavy (non-hydrogen) atoms. The van der Waals surface area contributed by atoms with Crippen molar-refractivity contribution in [1.29, 1.82) is 0 Å². The maximum absolute atomic E-state index is 5.31. The highest BCUT2D eigenvalue weighted by Crippen LogP contribution is 2.06. The predicted octanol–water partition coefficient (Wildman–Crippen LogP) is 2.36. The molecule has 0 aliphatic rings. The summed E-state index contributed by atoms with van der Waals surface area (Å²) in [7, 11) is 1.75. The van der Waals surface area contributed by atoms with E-state index in [2.05, 4.69) is 32.7 Å². The van der Waals surface area contributed by atoms with Gasteiger partial charge in [0.1, 0.15) is 0 Å². The maximum atomic E-state index is 5.31. The molecule has 0 aromatic heterocycles. The Morgan fingerprint density at radius 2 is 2.15 bits per heavy atom. The van der Waals surface area contributed by atoms with Crippen LogP contribution in [0, 0.1) is 0 Å². The highest BCUT2D eigenvalue weighted by molar-refractivity contribution is 4.76. The van der Waals surface area contributed by atoms with Gasteiger partial charge in [0.05, 0.1) is 5.60 Å². The monoisotopic (exact) mass is 185 g/mol. The normalized spacial score (nSPS) is 14.2. The van der Waals surface area contributed by atoms with Gasteiger partial charge in [-0.3, -0.25) is 0 Å². The number of hydrogen-bond acceptors (Lipinski definition) is 2. The molecule has 0 aliphatic heterocycles. The van der Waals surface area contributed by atoms with E-state index in [0.29, 0.717) is 6.04 Å². The van der Waals surface area contributed by atoms with Gasteiger partial charge in [-0.25, -0.2) is 0 Å². The third-order valence-electron chi connectivity index (χ3n) is 2.23. The minimum absolute atomic E-state index is 0.0670. The van der Waals surface area contributed by atoms with Gasteiger partial charge < -0.3 is 10.1 Å². The molecular formula is C11H23NO. The van der Waals surface area contributed by atoms with Gasteiger partial charge in [-0.2, -0.15) is 0 Å². The number of methoxy groups -OCH3 is 1. The summed E-state index contributed by atoms with van der Waals surface area (Å²) < 4.78 is 5.31. The van der Waals surface area contributed by atoms with E-state index in [-0.39, 0.29) is 5.60 Å². The van der Waals surface area contributed by atoms with Crippen LogP contribution in [0.2, 0.25) is 0 Å². The minimum Gasteiger partial charge on any atom is -0.377 e. The number of rotatable bonds is 7. The van der Waals surface area contributed by atoms with Crippen molar-refractivity contribution in [3.8, 4) is 0 Å². The molecule has 0 bridgehead atoms. The number of hydrogen-bond donors (Lipinski definition) is 1. The van der Waals surface area contributed by atoms with E-state index in [1.54, 1.807) is 7.11 Å². The largest absolute Gasteiger partial charge is 0.377 e. The predicted molar refractivity (Wildman–Crippen MR) is 58.0 cm³/mol. The van der Waals surface area contributed by atoms with Gasteiger partial charge in [0.15, 0.2) is 0 Å². The number of allylic oxidation sites excluding steroid dienone is 1. The van der Waals surface area contributed by atoms with Crippen LogP contribution in [0.4, 0.5) is 0 Å². The topological polar surface area (TPSA) is 21.3 Å². The lowest BCUT2D eigenvalue weighted by molar-refractivity contribution is 0.0213. The Balaban J connectivity index is 3.56. The molecule has 0 aromatic carbocycles. The molecule has 1 N–H and O–H groups in total. The van der Waals surface area contributed by atoms with Crippen LogP contribution < -0.4 is 5.32 Å². The smallest absolute Gasteiger partial charge is 0.0746 e. The van der Waals surface area contributed by atoms with Gasteiger partial charge in [0.2, 0.25) is 0 Å². The van der Waals surface area contributed by atoms with E-state index in [4.69, 9.17) is 4.74 Å². The molecular weight excluding hydrogens is 162 g/mol. The van der Waals surface area contributed by atoms with Crippen LogP contribution in [0.1, 0.15) is 33.6 Å². The molecule has 0 aliphatic carbocycles. The van der Waals surface area contributed by atoms with Gasteiger partial charge in [-0.1, -0.05) is 6.08 Å². The van der Waals surface area contributed by atoms with Crippen molar-refractivity contribution in [2.75, 3.05) is 13.7 Å². The first-order chi connectivity index (χ1) is 6.02. The molecule has 1 atom stereocenters. The van der Waals surface area contributed by atoms with Gasteiger partial charge >= 0.3 is 0 Å². The molecule has 0 aromatic rings. The second kappa shape index (κ2) is 6.17. The fraction of sp³-hybridized carbons (Fsp3) is 0.818. The lowest BCUT2D eigenvalue weighted by Gasteiger charge is -2.25. The van der Waals surface area contributed by atoms with Crippen molar-refractivity contribution in [3.63, 3.8) is 0 Å². The zero-order valence-corrected chi connectivity index (χ0v) is 9.39. The lowest BCUT2D eigenvalue weighted by atomic mass is 10.1. The Bertz CT molecular complexity index is 143. The Kier molecular flexibility index (Phi) is 6.00. The first-order valence-electron chi connectivity index (χ1n) is 4.91. The summed E-state index contributed by atoms with van der Waals surface area (Å²) in [6.07, 6.45) is 4.17. The fourth-order valence-corrected chi connectivity index (χ4v) is 0.962. The minimum atomic E-state index is -0.0670. The van der Waals surface area contributed by atoms with Gasteiger partial charge in [-0.15, -0.1) is 6.58 Å². The average molecular weight is 185 g/mol. The van der Waals surface area contributed by atoms with Gasteiger partial charge in [-0.05, 0) is 33.6 Å². The van der Waals surface area contributed by atoms with Crippen LogP contribution in [0.25, 0.3) is 0 Å². The van der Waals surface area contributed by atoms with Gasteiger partial charge in [0.25, 0.3) is 0 Å². The Morgan fingerprint density at radius 1 is 1.54 bits per heavy atom. The molecule has 0 spiro atoms. The van der Waals surface area contributed by atoms with Crippen LogP contribution in [0.5, 0.6) is 0 Å². The van der Waals surface area contributed by atoms with E-state index in [1.807, 2.05) is 6.08 Å². The van der Waals surface area contributed by atoms with Gasteiger partial charge in [0, 0.05) is 19.7 Å². The second-order valence-corrected chi connectivity index (χ2v) is 4.11. The maximum Gasteiger partial charge on any atom is 0.0746 e. The summed E-state index contributed by atoms with van der Waals surface area (Å²) in [4.78, 5) is 0. The zero-order valence-electron chi connectivity index (χ0n) is 9.39. The summed E-state index contributed by atoms with van der Waals surface area (Å²) in [5, 5.41) is 3.44. The van der Waals surface area contributed by atoms with E-state index < -0.39 is 0 Å². The third-order valence-corrected chi connectivity index (χ3v) is 2.23. The first-order valence-corrected chi connectivity index (χ1v) is 4.91. The zero-order chi connectivity index (χ0) is 10.3. The SMILES string of the molecule is C=CCCC(C)NCC(C)(C)OC. The molecule has 2 heteroatoms. The van der Waals surface area contributed by atoms with Crippen LogP contribution in [-0.4, -0.2) is 25.3 Å². The van der Waals surface area contributed by atoms with Crippen molar-refractivity contribution in [1.82, 2.24) is 5.32 Å². The summed E-state index contributed by atoms with van der Waals surface area (Å²) in [5.74, 6) is 0. The van der Waals surface area contributed by atoms with E-state index in [1.165, 1.54) is 0 Å². The molecule has 0 saturated carbocycles. The fourth-order valence-electron chi connectivity index (χ4n) is 0.962. The lowest BCUT2D eigenvalue weighted by Crippen LogP contribution is -2.40. The van der Waals surface area contributed by atoms with Crippen molar-refractivity contribution in [3.05, 3.63) is 12.7 Å². The number of nitrogens with one attached hydrogen (secondary N) is 1. The molecule has 0 heterocycles. The summed E-state index contributed by atoms with van der Waals surface area (Å²) in [6.45, 7) is 11.0. The average Bonchev–Trinajstić information content (AvgIpc) is 2.11. The highest BCUT2D eigenvalue weighted by Gasteiger charge is 2.16. The molecule has 1 unspecified atom stereocenters. The van der Waals surface area contributed by atoms with Crippen LogP contribution in [-0.2, 0) is 4.74 Å². The molecule has 0 radical (unpaired) electrons. The number of ether oxygens (including phenoxy) is 1. The summed E-state index contributed by atoms with van der Waals surface area (Å²) in [6, 6.07) is 0.535. The standard InChI is InChI=1S/C11H23NO/c1-6-7-8-10(2)12-9-11(3,4)13-5/h6,10,12H,1,7-9H2,2-5H3. The van der Waals surface area contributed by atoms with Crippen molar-refractivity contribution in [2.45, 2.75) is 45.3 Å². The first kappa shape index (κ1) is 12.7. The highest BCUT2D eigenvalue weighted by atomic mass is 16.5. The van der Waals surface area contributed by atoms with Crippen LogP contribution in [0.15, 0.2) is 12.7 Å². The quantitative estimate of drug-likeness (QED) is 0.615. The third kappa shape index (κ3) is 6.79.